The second kappa shape index (κ2) is 4.27. The molecule has 0 heterocycles. The van der Waals surface area contributed by atoms with Gasteiger partial charge in [0.25, 0.3) is 0 Å². The summed E-state index contributed by atoms with van der Waals surface area (Å²) in [6, 6.07) is 0. The van der Waals surface area contributed by atoms with E-state index < -0.39 is 0 Å². The van der Waals surface area contributed by atoms with Crippen molar-refractivity contribution in [1.82, 2.24) is 0 Å². The molecule has 0 rings (SSSR count). The molecule has 42 valence electrons. The van der Waals surface area contributed by atoms with Gasteiger partial charge in [-0.3, -0.25) is 4.79 Å². The van der Waals surface area contributed by atoms with E-state index in [0.29, 0.717) is 0 Å². The maximum atomic E-state index is 10.1. The molecule has 0 atom stereocenters. The number of hydrogen-bond acceptors (Lipinski definition) is 3. The topological polar surface area (TPSA) is 26.3 Å². The molecule has 0 aromatic carbocycles. The molecule has 0 saturated carbocycles. The lowest BCUT2D eigenvalue weighted by Crippen LogP contribution is -2.00. The molecule has 0 unspecified atom stereocenters. The first kappa shape index (κ1) is 7.11. The van der Waals surface area contributed by atoms with Crippen molar-refractivity contribution in [1.29, 1.82) is 0 Å². The zero-order chi connectivity index (χ0) is 5.70. The highest BCUT2D eigenvalue weighted by Gasteiger charge is 1.94. The number of methoxy groups -OCH3 is 1. The van der Waals surface area contributed by atoms with Crippen LogP contribution >= 0.6 is 21.7 Å². The third kappa shape index (κ3) is 3.95. The van der Waals surface area contributed by atoms with Crippen LogP contribution in [-0.4, -0.2) is 18.8 Å². The Kier molecular flexibility index (Phi) is 4.34. The molecule has 0 fully saturated rings. The van der Waals surface area contributed by atoms with E-state index in [0.717, 1.165) is 11.0 Å². The molecule has 0 aliphatic rings. The molecule has 0 aliphatic carbocycles. The monoisotopic (exact) mass is 140 g/mol. The van der Waals surface area contributed by atoms with Crippen molar-refractivity contribution >= 4 is 27.6 Å². The van der Waals surface area contributed by atoms with E-state index >= 15 is 0 Å². The Labute approximate surface area is 50.7 Å². The van der Waals surface area contributed by atoms with Gasteiger partial charge in [-0.05, 0) is 21.7 Å². The molecular formula is C3H5ClO2S. The number of halogens is 1. The van der Waals surface area contributed by atoms with Crippen molar-refractivity contribution < 1.29 is 9.53 Å². The fraction of sp³-hybridized carbons (Fsp3) is 0.667. The first-order valence-corrected chi connectivity index (χ1v) is 3.42. The number of carbonyl (C=O) groups excluding carboxylic acids is 1. The van der Waals surface area contributed by atoms with Crippen molar-refractivity contribution in [2.75, 3.05) is 12.9 Å². The molecule has 0 N–H and O–H groups in total. The molecule has 0 aliphatic heterocycles. The summed E-state index contributed by atoms with van der Waals surface area (Å²) in [5, 5.41) is 0. The van der Waals surface area contributed by atoms with E-state index in [1.165, 1.54) is 7.11 Å². The Hall–Kier alpha value is 0.110. The van der Waals surface area contributed by atoms with E-state index in [9.17, 15) is 4.79 Å². The average molecular weight is 141 g/mol. The summed E-state index contributed by atoms with van der Waals surface area (Å²) in [6.07, 6.45) is 0. The fourth-order valence-electron chi connectivity index (χ4n) is 0.103. The Morgan fingerprint density at radius 1 is 2.00 bits per heavy atom. The highest BCUT2D eigenvalue weighted by atomic mass is 35.7. The van der Waals surface area contributed by atoms with Crippen LogP contribution in [-0.2, 0) is 9.53 Å². The Bertz CT molecular complexity index is 66.0. The lowest BCUT2D eigenvalue weighted by Gasteiger charge is -1.89. The number of rotatable bonds is 2. The van der Waals surface area contributed by atoms with Crippen LogP contribution in [0.1, 0.15) is 0 Å². The van der Waals surface area contributed by atoms with Crippen LogP contribution < -0.4 is 0 Å². The van der Waals surface area contributed by atoms with E-state index in [-0.39, 0.29) is 11.7 Å². The SMILES string of the molecule is COC(=O)CSCl. The molecule has 4 heteroatoms. The van der Waals surface area contributed by atoms with E-state index in [1.54, 1.807) is 0 Å². The number of hydrogen-bond donors (Lipinski definition) is 0. The first-order valence-electron chi connectivity index (χ1n) is 1.61. The summed E-state index contributed by atoms with van der Waals surface area (Å²) in [6.45, 7) is 0. The zero-order valence-corrected chi connectivity index (χ0v) is 5.38. The van der Waals surface area contributed by atoms with Gasteiger partial charge in [-0.15, -0.1) is 0 Å². The summed E-state index contributed by atoms with van der Waals surface area (Å²) < 4.78 is 4.25. The first-order chi connectivity index (χ1) is 3.31. The lowest BCUT2D eigenvalue weighted by atomic mass is 10.8. The van der Waals surface area contributed by atoms with Crippen LogP contribution in [0.4, 0.5) is 0 Å². The van der Waals surface area contributed by atoms with Gasteiger partial charge in [0.15, 0.2) is 0 Å². The maximum absolute atomic E-state index is 10.1. The minimum Gasteiger partial charge on any atom is -0.468 e. The van der Waals surface area contributed by atoms with Gasteiger partial charge < -0.3 is 4.74 Å². The zero-order valence-electron chi connectivity index (χ0n) is 3.81. The van der Waals surface area contributed by atoms with Gasteiger partial charge in [-0.25, -0.2) is 0 Å². The van der Waals surface area contributed by atoms with Crippen LogP contribution in [0.25, 0.3) is 0 Å². The Morgan fingerprint density at radius 2 is 2.57 bits per heavy atom. The van der Waals surface area contributed by atoms with Gasteiger partial charge in [0.1, 0.15) is 5.75 Å². The van der Waals surface area contributed by atoms with Crippen LogP contribution in [0, 0.1) is 0 Å². The molecule has 0 saturated heterocycles. The van der Waals surface area contributed by atoms with E-state index in [1.807, 2.05) is 0 Å². The molecule has 0 aromatic heterocycles. The smallest absolute Gasteiger partial charge is 0.316 e. The second-order valence-corrected chi connectivity index (χ2v) is 1.99. The standard InChI is InChI=1S/C3H5ClO2S/c1-6-3(5)2-7-4/h2H2,1H3. The lowest BCUT2D eigenvalue weighted by molar-refractivity contribution is -0.137. The van der Waals surface area contributed by atoms with Gasteiger partial charge in [0, 0.05) is 0 Å². The van der Waals surface area contributed by atoms with Gasteiger partial charge in [-0.2, -0.15) is 0 Å². The van der Waals surface area contributed by atoms with Crippen molar-refractivity contribution in [3.05, 3.63) is 0 Å². The normalized spacial score (nSPS) is 8.29. The number of ether oxygens (including phenoxy) is 1. The fourth-order valence-corrected chi connectivity index (χ4v) is 0.578. The van der Waals surface area contributed by atoms with Crippen LogP contribution in [0.2, 0.25) is 0 Å². The second-order valence-electron chi connectivity index (χ2n) is 0.830. The van der Waals surface area contributed by atoms with Gasteiger partial charge in [0.05, 0.1) is 7.11 Å². The number of esters is 1. The van der Waals surface area contributed by atoms with E-state index in [2.05, 4.69) is 4.74 Å². The average Bonchev–Trinajstić information content (AvgIpc) is 1.68. The highest BCUT2D eigenvalue weighted by Crippen LogP contribution is 2.04. The van der Waals surface area contributed by atoms with Crippen molar-refractivity contribution in [3.63, 3.8) is 0 Å². The van der Waals surface area contributed by atoms with Crippen LogP contribution in [0.3, 0.4) is 0 Å². The minimum absolute atomic E-state index is 0.220. The summed E-state index contributed by atoms with van der Waals surface area (Å²) >= 11 is 0. The summed E-state index contributed by atoms with van der Waals surface area (Å²) in [4.78, 5) is 10.1. The van der Waals surface area contributed by atoms with Crippen molar-refractivity contribution in [2.24, 2.45) is 0 Å². The van der Waals surface area contributed by atoms with Crippen LogP contribution in [0.15, 0.2) is 0 Å². The Morgan fingerprint density at radius 3 is 2.71 bits per heavy atom. The molecule has 0 radical (unpaired) electrons. The molecule has 0 spiro atoms. The Balaban J connectivity index is 3.00. The van der Waals surface area contributed by atoms with Gasteiger partial charge in [-0.1, -0.05) is 0 Å². The van der Waals surface area contributed by atoms with Crippen molar-refractivity contribution in [2.45, 2.75) is 0 Å². The molecule has 0 aromatic rings. The molecule has 0 bridgehead atoms. The summed E-state index contributed by atoms with van der Waals surface area (Å²) in [5.41, 5.74) is 0. The molecule has 7 heavy (non-hydrogen) atoms. The maximum Gasteiger partial charge on any atom is 0.316 e. The predicted octanol–water partition coefficient (Wildman–Crippen LogP) is 1.05. The van der Waals surface area contributed by atoms with E-state index in [4.69, 9.17) is 10.7 Å². The third-order valence-electron chi connectivity index (χ3n) is 0.400. The molecule has 2 nitrogen and oxygen atoms in total. The predicted molar refractivity (Wildman–Crippen MR) is 30.3 cm³/mol. The summed E-state index contributed by atoms with van der Waals surface area (Å²) in [5.74, 6) is -0.0714. The largest absolute Gasteiger partial charge is 0.468 e. The van der Waals surface area contributed by atoms with Crippen molar-refractivity contribution in [3.8, 4) is 0 Å². The molecule has 0 amide bonds. The minimum atomic E-state index is -0.292. The number of carbonyl (C=O) groups is 1. The molecular weight excluding hydrogens is 136 g/mol. The van der Waals surface area contributed by atoms with Gasteiger partial charge in [0.2, 0.25) is 0 Å². The van der Waals surface area contributed by atoms with Gasteiger partial charge >= 0.3 is 5.97 Å². The highest BCUT2D eigenvalue weighted by molar-refractivity contribution is 8.21. The third-order valence-corrected chi connectivity index (χ3v) is 1.07. The summed E-state index contributed by atoms with van der Waals surface area (Å²) in [7, 11) is 7.35. The quantitative estimate of drug-likeness (QED) is 0.537. The van der Waals surface area contributed by atoms with Crippen LogP contribution in [0.5, 0.6) is 0 Å².